The number of amides is 1. The second-order valence-corrected chi connectivity index (χ2v) is 5.76. The minimum Gasteiger partial charge on any atom is -0.369 e. The fourth-order valence-electron chi connectivity index (χ4n) is 2.88. The summed E-state index contributed by atoms with van der Waals surface area (Å²) in [6.07, 6.45) is 5.19. The Balaban J connectivity index is 1.88. The molecule has 3 rings (SSSR count). The number of primary amides is 1. The van der Waals surface area contributed by atoms with Crippen LogP contribution in [0.1, 0.15) is 24.2 Å². The number of nitrogens with two attached hydrogens (primary N) is 1. The normalized spacial score (nSPS) is 18.5. The molecule has 0 saturated carbocycles. The largest absolute Gasteiger partial charge is 0.369 e. The Morgan fingerprint density at radius 3 is 2.77 bits per heavy atom. The van der Waals surface area contributed by atoms with Crippen LogP contribution in [0.5, 0.6) is 0 Å². The maximum atomic E-state index is 11.4. The Morgan fingerprint density at radius 2 is 2.09 bits per heavy atom. The lowest BCUT2D eigenvalue weighted by Crippen LogP contribution is -2.41. The number of carbonyl (C=O) groups excluding carboxylic acids is 1. The number of carbonyl (C=O) groups is 1. The van der Waals surface area contributed by atoms with Crippen LogP contribution >= 0.6 is 0 Å². The third-order valence-corrected chi connectivity index (χ3v) is 3.98. The van der Waals surface area contributed by atoms with E-state index in [-0.39, 0.29) is 11.8 Å². The molecule has 0 unspecified atom stereocenters. The van der Waals surface area contributed by atoms with Gasteiger partial charge in [-0.25, -0.2) is 9.67 Å². The van der Waals surface area contributed by atoms with Crippen molar-refractivity contribution >= 4 is 11.7 Å². The van der Waals surface area contributed by atoms with Gasteiger partial charge in [-0.05, 0) is 32.8 Å². The molecule has 0 spiro atoms. The average molecular weight is 300 g/mol. The van der Waals surface area contributed by atoms with Gasteiger partial charge in [0.15, 0.2) is 5.82 Å². The highest BCUT2D eigenvalue weighted by Gasteiger charge is 2.25. The third kappa shape index (κ3) is 2.79. The van der Waals surface area contributed by atoms with Crippen LogP contribution in [0.3, 0.4) is 0 Å². The molecule has 1 amide bonds. The molecule has 7 nitrogen and oxygen atoms in total. The van der Waals surface area contributed by atoms with Crippen molar-refractivity contribution in [2.75, 3.05) is 18.0 Å². The number of hydrogen-bond donors (Lipinski definition) is 1. The Kier molecular flexibility index (Phi) is 3.79. The number of aryl methyl sites for hydroxylation is 2. The van der Waals surface area contributed by atoms with Gasteiger partial charge in [0, 0.05) is 18.8 Å². The maximum Gasteiger partial charge on any atom is 0.222 e. The topological polar surface area (TPSA) is 89.9 Å². The van der Waals surface area contributed by atoms with Gasteiger partial charge < -0.3 is 10.6 Å². The number of aromatic nitrogens is 4. The van der Waals surface area contributed by atoms with Gasteiger partial charge in [0.25, 0.3) is 0 Å². The van der Waals surface area contributed by atoms with Crippen molar-refractivity contribution in [1.29, 1.82) is 0 Å². The minimum atomic E-state index is -0.243. The van der Waals surface area contributed by atoms with Crippen molar-refractivity contribution in [3.63, 3.8) is 0 Å². The number of rotatable bonds is 3. The quantitative estimate of drug-likeness (QED) is 0.912. The van der Waals surface area contributed by atoms with Gasteiger partial charge in [-0.2, -0.15) is 5.10 Å². The molecule has 116 valence electrons. The van der Waals surface area contributed by atoms with E-state index in [0.29, 0.717) is 12.4 Å². The van der Waals surface area contributed by atoms with Gasteiger partial charge in [-0.15, -0.1) is 0 Å². The first-order valence-electron chi connectivity index (χ1n) is 7.44. The average Bonchev–Trinajstić information content (AvgIpc) is 2.86. The minimum absolute atomic E-state index is 0.118. The lowest BCUT2D eigenvalue weighted by Gasteiger charge is -2.31. The zero-order chi connectivity index (χ0) is 15.7. The summed E-state index contributed by atoms with van der Waals surface area (Å²) in [5.74, 6) is 1.08. The van der Waals surface area contributed by atoms with Crippen LogP contribution in [0.2, 0.25) is 0 Å². The summed E-state index contributed by atoms with van der Waals surface area (Å²) in [7, 11) is 0. The molecular weight excluding hydrogens is 280 g/mol. The third-order valence-electron chi connectivity index (χ3n) is 3.98. The molecule has 0 aliphatic carbocycles. The molecule has 1 fully saturated rings. The smallest absolute Gasteiger partial charge is 0.222 e. The summed E-state index contributed by atoms with van der Waals surface area (Å²) in [5, 5.41) is 4.43. The molecule has 2 N–H and O–H groups in total. The Morgan fingerprint density at radius 1 is 1.32 bits per heavy atom. The zero-order valence-corrected chi connectivity index (χ0v) is 12.9. The van der Waals surface area contributed by atoms with E-state index >= 15 is 0 Å². The van der Waals surface area contributed by atoms with Crippen LogP contribution in [-0.4, -0.2) is 38.7 Å². The van der Waals surface area contributed by atoms with E-state index in [4.69, 9.17) is 5.73 Å². The number of hydrogen-bond acceptors (Lipinski definition) is 5. The summed E-state index contributed by atoms with van der Waals surface area (Å²) in [5.41, 5.74) is 7.39. The molecule has 3 heterocycles. The van der Waals surface area contributed by atoms with E-state index in [2.05, 4.69) is 20.0 Å². The van der Waals surface area contributed by atoms with Crippen molar-refractivity contribution in [2.24, 2.45) is 11.7 Å². The van der Waals surface area contributed by atoms with Gasteiger partial charge in [0.2, 0.25) is 5.91 Å². The van der Waals surface area contributed by atoms with Crippen LogP contribution in [0.15, 0.2) is 18.5 Å². The highest BCUT2D eigenvalue weighted by molar-refractivity contribution is 5.77. The zero-order valence-electron chi connectivity index (χ0n) is 12.9. The molecule has 2 aromatic heterocycles. The van der Waals surface area contributed by atoms with E-state index in [9.17, 15) is 4.79 Å². The first-order valence-corrected chi connectivity index (χ1v) is 7.44. The summed E-state index contributed by atoms with van der Waals surface area (Å²) in [4.78, 5) is 22.4. The van der Waals surface area contributed by atoms with Crippen molar-refractivity contribution in [3.8, 4) is 5.82 Å². The van der Waals surface area contributed by atoms with Crippen molar-refractivity contribution in [2.45, 2.75) is 26.7 Å². The van der Waals surface area contributed by atoms with Gasteiger partial charge in [-0.3, -0.25) is 9.78 Å². The standard InChI is InChI=1S/C15H20N6O/c1-10-6-11(2)21(19-10)14-8-17-7-13(18-14)20-5-3-4-12(9-20)15(16)22/h6-8,12H,3-5,9H2,1-2H3,(H2,16,22)/t12-/m0/s1. The predicted octanol–water partition coefficient (Wildman–Crippen LogP) is 0.981. The molecule has 7 heteroatoms. The van der Waals surface area contributed by atoms with E-state index in [1.165, 1.54) is 0 Å². The summed E-state index contributed by atoms with van der Waals surface area (Å²) < 4.78 is 1.78. The van der Waals surface area contributed by atoms with E-state index in [1.54, 1.807) is 17.1 Å². The highest BCUT2D eigenvalue weighted by atomic mass is 16.1. The molecule has 0 radical (unpaired) electrons. The summed E-state index contributed by atoms with van der Waals surface area (Å²) >= 11 is 0. The molecule has 0 aromatic carbocycles. The van der Waals surface area contributed by atoms with Gasteiger partial charge in [-0.1, -0.05) is 0 Å². The number of piperidine rings is 1. The van der Waals surface area contributed by atoms with Crippen molar-refractivity contribution < 1.29 is 4.79 Å². The van der Waals surface area contributed by atoms with Crippen molar-refractivity contribution in [1.82, 2.24) is 19.7 Å². The molecule has 0 bridgehead atoms. The van der Waals surface area contributed by atoms with Crippen LogP contribution in [0, 0.1) is 19.8 Å². The van der Waals surface area contributed by atoms with Crippen LogP contribution in [0.4, 0.5) is 5.82 Å². The molecular formula is C15H20N6O. The molecule has 22 heavy (non-hydrogen) atoms. The summed E-state index contributed by atoms with van der Waals surface area (Å²) in [6, 6.07) is 2.00. The fourth-order valence-corrected chi connectivity index (χ4v) is 2.88. The lowest BCUT2D eigenvalue weighted by molar-refractivity contribution is -0.122. The first kappa shape index (κ1) is 14.5. The van der Waals surface area contributed by atoms with Crippen LogP contribution < -0.4 is 10.6 Å². The van der Waals surface area contributed by atoms with Crippen LogP contribution in [0.25, 0.3) is 5.82 Å². The molecule has 1 saturated heterocycles. The van der Waals surface area contributed by atoms with E-state index < -0.39 is 0 Å². The second kappa shape index (κ2) is 5.75. The van der Waals surface area contributed by atoms with Crippen molar-refractivity contribution in [3.05, 3.63) is 29.8 Å². The van der Waals surface area contributed by atoms with E-state index in [1.807, 2.05) is 19.9 Å². The van der Waals surface area contributed by atoms with Crippen LogP contribution in [-0.2, 0) is 4.79 Å². The Bertz CT molecular complexity index is 695. The Hall–Kier alpha value is -2.44. The van der Waals surface area contributed by atoms with E-state index in [0.717, 1.165) is 36.6 Å². The van der Waals surface area contributed by atoms with Gasteiger partial charge in [0.1, 0.15) is 5.82 Å². The lowest BCUT2D eigenvalue weighted by atomic mass is 9.98. The highest BCUT2D eigenvalue weighted by Crippen LogP contribution is 2.22. The summed E-state index contributed by atoms with van der Waals surface area (Å²) in [6.45, 7) is 5.39. The second-order valence-electron chi connectivity index (χ2n) is 5.76. The fraction of sp³-hybridized carbons (Fsp3) is 0.467. The molecule has 2 aromatic rings. The first-order chi connectivity index (χ1) is 10.5. The SMILES string of the molecule is Cc1cc(C)n(-c2cncc(N3CCC[C@H](C(N)=O)C3)n2)n1. The molecule has 1 aliphatic heterocycles. The molecule has 1 atom stereocenters. The Labute approximate surface area is 129 Å². The predicted molar refractivity (Wildman–Crippen MR) is 82.8 cm³/mol. The number of anilines is 1. The van der Waals surface area contributed by atoms with Gasteiger partial charge in [0.05, 0.1) is 24.0 Å². The number of nitrogens with zero attached hydrogens (tertiary/aromatic N) is 5. The van der Waals surface area contributed by atoms with Gasteiger partial charge >= 0.3 is 0 Å². The molecule has 1 aliphatic rings. The monoisotopic (exact) mass is 300 g/mol. The maximum absolute atomic E-state index is 11.4.